The molecule has 2 aliphatic heterocycles. The number of urea groups is 1. The second kappa shape index (κ2) is 7.44. The van der Waals surface area contributed by atoms with Crippen LogP contribution in [0, 0.1) is 5.92 Å². The fourth-order valence-electron chi connectivity index (χ4n) is 4.15. The molecule has 0 bridgehead atoms. The van der Waals surface area contributed by atoms with Gasteiger partial charge >= 0.3 is 6.03 Å². The number of carbonyl (C=O) groups is 3. The molecule has 0 aromatic heterocycles. The number of nitrogens with zero attached hydrogens (tertiary/aromatic N) is 2. The summed E-state index contributed by atoms with van der Waals surface area (Å²) in [4.78, 5) is 40.6. The van der Waals surface area contributed by atoms with E-state index in [1.807, 2.05) is 17.0 Å². The number of amides is 4. The van der Waals surface area contributed by atoms with E-state index >= 15 is 0 Å². The molecule has 2 saturated heterocycles. The maximum atomic E-state index is 12.7. The zero-order valence-corrected chi connectivity index (χ0v) is 16.9. The molecule has 1 aliphatic carbocycles. The molecular weight excluding hydrogens is 403 g/mol. The Morgan fingerprint density at radius 2 is 1.71 bits per heavy atom. The number of carbonyl (C=O) groups excluding carboxylic acids is 3. The van der Waals surface area contributed by atoms with E-state index in [4.69, 9.17) is 23.2 Å². The number of hydrogen-bond donors (Lipinski definition) is 2. The van der Waals surface area contributed by atoms with Gasteiger partial charge in [0.25, 0.3) is 5.91 Å². The first-order valence-electron chi connectivity index (χ1n) is 9.50. The van der Waals surface area contributed by atoms with Crippen molar-refractivity contribution in [1.29, 1.82) is 0 Å². The molecule has 1 atom stereocenters. The molecule has 2 heterocycles. The lowest BCUT2D eigenvalue weighted by Crippen LogP contribution is -2.51. The number of imide groups is 1. The predicted molar refractivity (Wildman–Crippen MR) is 107 cm³/mol. The lowest BCUT2D eigenvalue weighted by molar-refractivity contribution is -0.132. The van der Waals surface area contributed by atoms with E-state index in [-0.39, 0.29) is 24.2 Å². The Morgan fingerprint density at radius 3 is 2.25 bits per heavy atom. The fraction of sp³-hybridized carbons (Fsp3) is 0.526. The summed E-state index contributed by atoms with van der Waals surface area (Å²) in [5, 5.41) is 6.27. The standard InChI is InChI=1S/C19H22Cl2N4O3/c20-13-9-14(21)11-15(10-13)24-5-7-25(8-6-24)16(26)3-4-19(12-1-2-12)17(27)22-18(28)23-19/h9-12H,1-8H2,(H2,22,23,27,28)/t19-/m0/s1. The Bertz CT molecular complexity index is 801. The van der Waals surface area contributed by atoms with Gasteiger partial charge in [-0.1, -0.05) is 23.2 Å². The monoisotopic (exact) mass is 424 g/mol. The first-order valence-corrected chi connectivity index (χ1v) is 10.3. The lowest BCUT2D eigenvalue weighted by atomic mass is 9.87. The highest BCUT2D eigenvalue weighted by molar-refractivity contribution is 6.35. The first kappa shape index (κ1) is 19.3. The van der Waals surface area contributed by atoms with Crippen LogP contribution in [0.2, 0.25) is 10.0 Å². The third-order valence-electron chi connectivity index (χ3n) is 5.82. The fourth-order valence-corrected chi connectivity index (χ4v) is 4.66. The third-order valence-corrected chi connectivity index (χ3v) is 6.26. The van der Waals surface area contributed by atoms with Crippen molar-refractivity contribution in [2.45, 2.75) is 31.2 Å². The molecule has 28 heavy (non-hydrogen) atoms. The molecule has 9 heteroatoms. The highest BCUT2D eigenvalue weighted by Crippen LogP contribution is 2.43. The van der Waals surface area contributed by atoms with Gasteiger partial charge in [-0.3, -0.25) is 14.9 Å². The molecule has 3 fully saturated rings. The normalized spacial score (nSPS) is 24.9. The van der Waals surface area contributed by atoms with Crippen LogP contribution < -0.4 is 15.5 Å². The summed E-state index contributed by atoms with van der Waals surface area (Å²) in [6.07, 6.45) is 2.40. The van der Waals surface area contributed by atoms with Crippen molar-refractivity contribution >= 4 is 46.7 Å². The molecule has 7 nitrogen and oxygen atoms in total. The predicted octanol–water partition coefficient (Wildman–Crippen LogP) is 2.41. The van der Waals surface area contributed by atoms with Crippen LogP contribution in [0.4, 0.5) is 10.5 Å². The first-order chi connectivity index (χ1) is 13.4. The average Bonchev–Trinajstić information content (AvgIpc) is 3.45. The molecule has 0 radical (unpaired) electrons. The SMILES string of the molecule is O=C1NC(=O)[C@](CCC(=O)N2CCN(c3cc(Cl)cc(Cl)c3)CC2)(C2CC2)N1. The van der Waals surface area contributed by atoms with E-state index in [1.165, 1.54) is 0 Å². The summed E-state index contributed by atoms with van der Waals surface area (Å²) >= 11 is 12.2. The van der Waals surface area contributed by atoms with Gasteiger partial charge in [0, 0.05) is 48.3 Å². The molecule has 0 spiro atoms. The van der Waals surface area contributed by atoms with E-state index in [0.29, 0.717) is 42.6 Å². The summed E-state index contributed by atoms with van der Waals surface area (Å²) < 4.78 is 0. The molecule has 1 saturated carbocycles. The molecule has 3 aliphatic rings. The topological polar surface area (TPSA) is 81.8 Å². The number of halogens is 2. The van der Waals surface area contributed by atoms with Crippen LogP contribution in [0.5, 0.6) is 0 Å². The average molecular weight is 425 g/mol. The molecule has 0 unspecified atom stereocenters. The Hall–Kier alpha value is -1.99. The summed E-state index contributed by atoms with van der Waals surface area (Å²) in [5.74, 6) is -0.149. The van der Waals surface area contributed by atoms with Crippen LogP contribution in [0.15, 0.2) is 18.2 Å². The van der Waals surface area contributed by atoms with Gasteiger partial charge in [0.1, 0.15) is 5.54 Å². The summed E-state index contributed by atoms with van der Waals surface area (Å²) in [6, 6.07) is 4.97. The second-order valence-corrected chi connectivity index (χ2v) is 8.52. The number of anilines is 1. The van der Waals surface area contributed by atoms with Gasteiger partial charge in [-0.25, -0.2) is 4.79 Å². The van der Waals surface area contributed by atoms with Gasteiger partial charge in [0.05, 0.1) is 0 Å². The van der Waals surface area contributed by atoms with Crippen molar-refractivity contribution < 1.29 is 14.4 Å². The number of rotatable bonds is 5. The number of benzene rings is 1. The zero-order chi connectivity index (χ0) is 19.9. The van der Waals surface area contributed by atoms with E-state index < -0.39 is 11.6 Å². The van der Waals surface area contributed by atoms with Gasteiger partial charge in [0.15, 0.2) is 0 Å². The number of nitrogens with one attached hydrogen (secondary N) is 2. The highest BCUT2D eigenvalue weighted by Gasteiger charge is 2.55. The molecule has 2 N–H and O–H groups in total. The van der Waals surface area contributed by atoms with Gasteiger partial charge < -0.3 is 15.1 Å². The number of hydrogen-bond acceptors (Lipinski definition) is 4. The minimum atomic E-state index is -0.911. The maximum Gasteiger partial charge on any atom is 0.322 e. The van der Waals surface area contributed by atoms with Crippen LogP contribution in [0.25, 0.3) is 0 Å². The molecule has 1 aromatic rings. The van der Waals surface area contributed by atoms with Gasteiger partial charge in [-0.15, -0.1) is 0 Å². The van der Waals surface area contributed by atoms with Crippen molar-refractivity contribution in [3.8, 4) is 0 Å². The quantitative estimate of drug-likeness (QED) is 0.710. The smallest absolute Gasteiger partial charge is 0.322 e. The highest BCUT2D eigenvalue weighted by atomic mass is 35.5. The largest absolute Gasteiger partial charge is 0.368 e. The van der Waals surface area contributed by atoms with Crippen molar-refractivity contribution in [3.63, 3.8) is 0 Å². The molecule has 150 valence electrons. The van der Waals surface area contributed by atoms with Gasteiger partial charge in [0.2, 0.25) is 5.91 Å². The molecule has 4 rings (SSSR count). The summed E-state index contributed by atoms with van der Waals surface area (Å²) in [7, 11) is 0. The van der Waals surface area contributed by atoms with E-state index in [1.54, 1.807) is 6.07 Å². The van der Waals surface area contributed by atoms with Crippen LogP contribution in [-0.2, 0) is 9.59 Å². The Kier molecular flexibility index (Phi) is 5.14. The third kappa shape index (κ3) is 3.78. The van der Waals surface area contributed by atoms with E-state index in [0.717, 1.165) is 18.5 Å². The van der Waals surface area contributed by atoms with Crippen molar-refractivity contribution in [2.75, 3.05) is 31.1 Å². The minimum absolute atomic E-state index is 0.0118. The Labute approximate surface area is 173 Å². The van der Waals surface area contributed by atoms with Crippen LogP contribution in [0.3, 0.4) is 0 Å². The van der Waals surface area contributed by atoms with Crippen molar-refractivity contribution in [3.05, 3.63) is 28.2 Å². The second-order valence-electron chi connectivity index (χ2n) is 7.65. The van der Waals surface area contributed by atoms with E-state index in [9.17, 15) is 14.4 Å². The van der Waals surface area contributed by atoms with Crippen LogP contribution >= 0.6 is 23.2 Å². The lowest BCUT2D eigenvalue weighted by Gasteiger charge is -2.37. The van der Waals surface area contributed by atoms with E-state index in [2.05, 4.69) is 15.5 Å². The minimum Gasteiger partial charge on any atom is -0.368 e. The molecular formula is C19H22Cl2N4O3. The number of piperazine rings is 1. The zero-order valence-electron chi connectivity index (χ0n) is 15.3. The summed E-state index contributed by atoms with van der Waals surface area (Å²) in [5.41, 5.74) is 0.0363. The molecule has 4 amide bonds. The van der Waals surface area contributed by atoms with Gasteiger partial charge in [-0.2, -0.15) is 0 Å². The van der Waals surface area contributed by atoms with Gasteiger partial charge in [-0.05, 0) is 43.4 Å². The maximum absolute atomic E-state index is 12.7. The van der Waals surface area contributed by atoms with Crippen molar-refractivity contribution in [1.82, 2.24) is 15.5 Å². The van der Waals surface area contributed by atoms with Crippen molar-refractivity contribution in [2.24, 2.45) is 5.92 Å². The van der Waals surface area contributed by atoms with Crippen LogP contribution in [-0.4, -0.2) is 54.5 Å². The van der Waals surface area contributed by atoms with Crippen LogP contribution in [0.1, 0.15) is 25.7 Å². The Morgan fingerprint density at radius 1 is 1.07 bits per heavy atom. The Balaban J connectivity index is 1.33. The molecule has 1 aromatic carbocycles. The summed E-state index contributed by atoms with van der Waals surface area (Å²) in [6.45, 7) is 2.57.